The maximum atomic E-state index is 13.7. The molecule has 0 saturated carbocycles. The zero-order valence-corrected chi connectivity index (χ0v) is 14.2. The van der Waals surface area contributed by atoms with Crippen molar-refractivity contribution in [2.45, 2.75) is 30.2 Å². The highest BCUT2D eigenvalue weighted by Gasteiger charge is 2.61. The Hall–Kier alpha value is -2.48. The fourth-order valence-corrected chi connectivity index (χ4v) is 3.53. The van der Waals surface area contributed by atoms with E-state index in [9.17, 15) is 23.1 Å². The number of halogens is 3. The van der Waals surface area contributed by atoms with Gasteiger partial charge in [-0.3, -0.25) is 0 Å². The first-order valence-corrected chi connectivity index (χ1v) is 7.91. The van der Waals surface area contributed by atoms with E-state index >= 15 is 0 Å². The van der Waals surface area contributed by atoms with E-state index in [1.54, 1.807) is 24.3 Å². The Morgan fingerprint density at radius 2 is 1.88 bits per heavy atom. The van der Waals surface area contributed by atoms with Crippen molar-refractivity contribution in [2.24, 2.45) is 0 Å². The Morgan fingerprint density at radius 1 is 1.23 bits per heavy atom. The van der Waals surface area contributed by atoms with Crippen LogP contribution in [0.1, 0.15) is 29.6 Å². The largest absolute Gasteiger partial charge is 0.497 e. The van der Waals surface area contributed by atoms with Crippen molar-refractivity contribution < 1.29 is 32.5 Å². The molecule has 0 bridgehead atoms. The number of aromatic nitrogens is 1. The standard InChI is InChI=1S/C18H18F3NO4/c1-25-12-7-5-11(6-8-12)13-10-17(24,18(19,20)21)14-4-3-9-22(14)15(13)16(23)26-2/h3-9,13,15,24H,10H2,1-2H3/t13-,15-,17+/m0/s1. The van der Waals surface area contributed by atoms with Gasteiger partial charge in [-0.2, -0.15) is 13.2 Å². The van der Waals surface area contributed by atoms with Crippen molar-refractivity contribution in [3.05, 3.63) is 53.9 Å². The number of benzene rings is 1. The molecule has 0 amide bonds. The first kappa shape index (κ1) is 18.3. The summed E-state index contributed by atoms with van der Waals surface area (Å²) in [6, 6.07) is 7.91. The summed E-state index contributed by atoms with van der Waals surface area (Å²) in [5, 5.41) is 10.5. The molecule has 3 rings (SSSR count). The van der Waals surface area contributed by atoms with E-state index in [0.717, 1.165) is 4.57 Å². The maximum absolute atomic E-state index is 13.7. The average Bonchev–Trinajstić information content (AvgIpc) is 3.10. The molecule has 2 aromatic rings. The second-order valence-corrected chi connectivity index (χ2v) is 6.21. The minimum Gasteiger partial charge on any atom is -0.497 e. The molecule has 1 aliphatic heterocycles. The summed E-state index contributed by atoms with van der Waals surface area (Å²) in [7, 11) is 2.66. The van der Waals surface area contributed by atoms with Gasteiger partial charge in [0.15, 0.2) is 0 Å². The third kappa shape index (κ3) is 2.74. The number of hydrogen-bond donors (Lipinski definition) is 1. The molecular weight excluding hydrogens is 351 g/mol. The van der Waals surface area contributed by atoms with E-state index in [1.165, 1.54) is 32.5 Å². The molecule has 140 valence electrons. The van der Waals surface area contributed by atoms with E-state index in [1.807, 2.05) is 0 Å². The molecule has 1 aliphatic rings. The summed E-state index contributed by atoms with van der Waals surface area (Å²) >= 11 is 0. The molecule has 1 aromatic carbocycles. The van der Waals surface area contributed by atoms with Crippen LogP contribution in [0.25, 0.3) is 0 Å². The van der Waals surface area contributed by atoms with Gasteiger partial charge in [-0.25, -0.2) is 4.79 Å². The van der Waals surface area contributed by atoms with E-state index in [0.29, 0.717) is 11.3 Å². The van der Waals surface area contributed by atoms with Crippen LogP contribution in [0.2, 0.25) is 0 Å². The number of nitrogens with zero attached hydrogens (tertiary/aromatic N) is 1. The third-order valence-electron chi connectivity index (χ3n) is 4.85. The first-order valence-electron chi connectivity index (χ1n) is 7.91. The highest BCUT2D eigenvalue weighted by Crippen LogP contribution is 2.52. The van der Waals surface area contributed by atoms with Gasteiger partial charge in [-0.1, -0.05) is 12.1 Å². The van der Waals surface area contributed by atoms with Crippen molar-refractivity contribution in [3.63, 3.8) is 0 Å². The summed E-state index contributed by atoms with van der Waals surface area (Å²) in [5.74, 6) is -1.07. The van der Waals surface area contributed by atoms with Gasteiger partial charge in [0.1, 0.15) is 11.8 Å². The SMILES string of the molecule is COC(=O)[C@@H]1[C@H](c2ccc(OC)cc2)C[C@](O)(C(F)(F)F)c2cccn21. The van der Waals surface area contributed by atoms with Crippen molar-refractivity contribution >= 4 is 5.97 Å². The van der Waals surface area contributed by atoms with Crippen LogP contribution in [0.4, 0.5) is 13.2 Å². The highest BCUT2D eigenvalue weighted by atomic mass is 19.4. The first-order chi connectivity index (χ1) is 12.2. The third-order valence-corrected chi connectivity index (χ3v) is 4.85. The molecular formula is C18H18F3NO4. The van der Waals surface area contributed by atoms with Gasteiger partial charge in [0, 0.05) is 18.5 Å². The molecule has 1 N–H and O–H groups in total. The molecule has 0 fully saturated rings. The molecule has 2 heterocycles. The molecule has 5 nitrogen and oxygen atoms in total. The van der Waals surface area contributed by atoms with Crippen molar-refractivity contribution in [2.75, 3.05) is 14.2 Å². The number of methoxy groups -OCH3 is 2. The van der Waals surface area contributed by atoms with Crippen molar-refractivity contribution in [1.29, 1.82) is 0 Å². The molecule has 26 heavy (non-hydrogen) atoms. The number of aliphatic hydroxyl groups is 1. The van der Waals surface area contributed by atoms with E-state index in [4.69, 9.17) is 9.47 Å². The van der Waals surface area contributed by atoms with Crippen LogP contribution in [0.3, 0.4) is 0 Å². The predicted molar refractivity (Wildman–Crippen MR) is 85.8 cm³/mol. The van der Waals surface area contributed by atoms with Crippen LogP contribution in [-0.4, -0.2) is 36.0 Å². The summed E-state index contributed by atoms with van der Waals surface area (Å²) in [4.78, 5) is 12.4. The van der Waals surface area contributed by atoms with Gasteiger partial charge in [0.25, 0.3) is 0 Å². The van der Waals surface area contributed by atoms with E-state index in [-0.39, 0.29) is 5.69 Å². The lowest BCUT2D eigenvalue weighted by Gasteiger charge is -2.42. The van der Waals surface area contributed by atoms with Crippen molar-refractivity contribution in [3.8, 4) is 5.75 Å². The molecule has 0 unspecified atom stereocenters. The van der Waals surface area contributed by atoms with E-state index in [2.05, 4.69) is 0 Å². The van der Waals surface area contributed by atoms with Crippen LogP contribution < -0.4 is 4.74 Å². The fraction of sp³-hybridized carbons (Fsp3) is 0.389. The zero-order valence-electron chi connectivity index (χ0n) is 14.2. The topological polar surface area (TPSA) is 60.7 Å². The van der Waals surface area contributed by atoms with Crippen LogP contribution in [-0.2, 0) is 15.1 Å². The second-order valence-electron chi connectivity index (χ2n) is 6.21. The van der Waals surface area contributed by atoms with Gasteiger partial charge >= 0.3 is 12.1 Å². The Kier molecular flexibility index (Phi) is 4.47. The second kappa shape index (κ2) is 6.35. The van der Waals surface area contributed by atoms with Gasteiger partial charge in [0.2, 0.25) is 5.60 Å². The Labute approximate surface area is 148 Å². The zero-order chi connectivity index (χ0) is 19.1. The number of ether oxygens (including phenoxy) is 2. The lowest BCUT2D eigenvalue weighted by atomic mass is 9.76. The number of esters is 1. The van der Waals surface area contributed by atoms with Gasteiger partial charge in [0.05, 0.1) is 19.9 Å². The molecule has 0 saturated heterocycles. The molecule has 3 atom stereocenters. The smallest absolute Gasteiger partial charge is 0.422 e. The predicted octanol–water partition coefficient (Wildman–Crippen LogP) is 3.15. The number of fused-ring (bicyclic) bond motifs is 1. The minimum atomic E-state index is -4.89. The monoisotopic (exact) mass is 369 g/mol. The fourth-order valence-electron chi connectivity index (χ4n) is 3.53. The highest BCUT2D eigenvalue weighted by molar-refractivity contribution is 5.76. The summed E-state index contributed by atoms with van der Waals surface area (Å²) in [6.07, 6.45) is -4.23. The quantitative estimate of drug-likeness (QED) is 0.845. The van der Waals surface area contributed by atoms with Gasteiger partial charge in [-0.05, 0) is 29.8 Å². The van der Waals surface area contributed by atoms with Gasteiger partial charge in [-0.15, -0.1) is 0 Å². The minimum absolute atomic E-state index is 0.370. The van der Waals surface area contributed by atoms with Crippen molar-refractivity contribution in [1.82, 2.24) is 4.57 Å². The lowest BCUT2D eigenvalue weighted by Crippen LogP contribution is -2.50. The Balaban J connectivity index is 2.16. The summed E-state index contributed by atoms with van der Waals surface area (Å²) < 4.78 is 52.1. The van der Waals surface area contributed by atoms with E-state index < -0.39 is 36.1 Å². The molecule has 0 radical (unpaired) electrons. The van der Waals surface area contributed by atoms with Crippen LogP contribution in [0, 0.1) is 0 Å². The molecule has 0 aliphatic carbocycles. The van der Waals surface area contributed by atoms with Crippen LogP contribution >= 0.6 is 0 Å². The average molecular weight is 369 g/mol. The summed E-state index contributed by atoms with van der Waals surface area (Å²) in [5.41, 5.74) is -2.96. The number of hydrogen-bond acceptors (Lipinski definition) is 4. The summed E-state index contributed by atoms with van der Waals surface area (Å²) in [6.45, 7) is 0. The number of carbonyl (C=O) groups is 1. The normalized spacial score (nSPS) is 25.5. The number of carbonyl (C=O) groups excluding carboxylic acids is 1. The molecule has 0 spiro atoms. The number of alkyl halides is 3. The van der Waals surface area contributed by atoms with Crippen LogP contribution in [0.5, 0.6) is 5.75 Å². The Bertz CT molecular complexity index is 800. The van der Waals surface area contributed by atoms with Gasteiger partial charge < -0.3 is 19.1 Å². The lowest BCUT2D eigenvalue weighted by molar-refractivity contribution is -0.278. The molecule has 8 heteroatoms. The molecule has 1 aromatic heterocycles. The Morgan fingerprint density at radius 3 is 2.42 bits per heavy atom. The number of rotatable bonds is 3. The van der Waals surface area contributed by atoms with Crippen LogP contribution in [0.15, 0.2) is 42.6 Å². The maximum Gasteiger partial charge on any atom is 0.422 e.